The van der Waals surface area contributed by atoms with Crippen LogP contribution in [0.5, 0.6) is 11.5 Å². The van der Waals surface area contributed by atoms with Gasteiger partial charge in [-0.25, -0.2) is 0 Å². The zero-order chi connectivity index (χ0) is 15.1. The van der Waals surface area contributed by atoms with E-state index in [2.05, 4.69) is 5.16 Å². The van der Waals surface area contributed by atoms with E-state index in [1.165, 1.54) is 0 Å². The van der Waals surface area contributed by atoms with E-state index >= 15 is 0 Å². The number of nitrogens with zero attached hydrogens (tertiary/aromatic N) is 1. The van der Waals surface area contributed by atoms with Gasteiger partial charge in [0, 0.05) is 13.2 Å². The molecule has 0 unspecified atom stereocenters. The van der Waals surface area contributed by atoms with Crippen LogP contribution in [-0.2, 0) is 24.6 Å². The van der Waals surface area contributed by atoms with Crippen LogP contribution < -0.4 is 9.47 Å². The first kappa shape index (κ1) is 15.3. The summed E-state index contributed by atoms with van der Waals surface area (Å²) >= 11 is 0. The molecule has 1 aromatic carbocycles. The molecular formula is C15H19NO5. The van der Waals surface area contributed by atoms with Crippen LogP contribution in [0.25, 0.3) is 0 Å². The molecule has 0 fully saturated rings. The molecule has 6 nitrogen and oxygen atoms in total. The molecule has 1 heterocycles. The molecule has 2 aromatic rings. The minimum atomic E-state index is -0.0377. The molecule has 0 amide bonds. The van der Waals surface area contributed by atoms with Gasteiger partial charge in [-0.15, -0.1) is 0 Å². The number of hydrogen-bond acceptors (Lipinski definition) is 6. The Kier molecular flexibility index (Phi) is 5.59. The topological polar surface area (TPSA) is 74.0 Å². The maximum atomic E-state index is 9.15. The third-order valence-electron chi connectivity index (χ3n) is 2.76. The number of rotatable bonds is 8. The van der Waals surface area contributed by atoms with Crippen LogP contribution in [0.15, 0.2) is 28.8 Å². The number of aliphatic hydroxyl groups is 1. The summed E-state index contributed by atoms with van der Waals surface area (Å²) in [4.78, 5) is 0. The van der Waals surface area contributed by atoms with Gasteiger partial charge in [0.25, 0.3) is 0 Å². The number of aliphatic hydroxyl groups excluding tert-OH is 1. The Morgan fingerprint density at radius 2 is 2.00 bits per heavy atom. The van der Waals surface area contributed by atoms with Gasteiger partial charge in [-0.3, -0.25) is 0 Å². The van der Waals surface area contributed by atoms with Gasteiger partial charge in [-0.05, 0) is 24.6 Å². The molecule has 0 saturated carbocycles. The summed E-state index contributed by atoms with van der Waals surface area (Å²) in [5.74, 6) is 1.85. The van der Waals surface area contributed by atoms with Crippen molar-refractivity contribution in [3.8, 4) is 11.5 Å². The Labute approximate surface area is 123 Å². The molecule has 21 heavy (non-hydrogen) atoms. The third kappa shape index (κ3) is 4.21. The maximum absolute atomic E-state index is 9.15. The van der Waals surface area contributed by atoms with E-state index < -0.39 is 0 Å². The van der Waals surface area contributed by atoms with Crippen molar-refractivity contribution in [3.63, 3.8) is 0 Å². The fourth-order valence-electron chi connectivity index (χ4n) is 1.82. The second-order valence-electron chi connectivity index (χ2n) is 4.38. The van der Waals surface area contributed by atoms with Crippen molar-refractivity contribution in [1.82, 2.24) is 5.16 Å². The zero-order valence-electron chi connectivity index (χ0n) is 12.2. The number of ether oxygens (including phenoxy) is 3. The normalized spacial score (nSPS) is 10.6. The highest BCUT2D eigenvalue weighted by atomic mass is 16.5. The summed E-state index contributed by atoms with van der Waals surface area (Å²) in [5.41, 5.74) is 1.45. The fraction of sp³-hybridized carbons (Fsp3) is 0.400. The van der Waals surface area contributed by atoms with Crippen LogP contribution in [-0.4, -0.2) is 24.0 Å². The third-order valence-corrected chi connectivity index (χ3v) is 2.76. The predicted octanol–water partition coefficient (Wildman–Crippen LogP) is 2.29. The molecule has 2 rings (SSSR count). The number of methoxy groups -OCH3 is 1. The Balaban J connectivity index is 2.04. The number of hydrogen-bond donors (Lipinski definition) is 1. The average molecular weight is 293 g/mol. The number of benzene rings is 1. The molecule has 0 aliphatic rings. The summed E-state index contributed by atoms with van der Waals surface area (Å²) in [6.45, 7) is 3.02. The molecule has 0 aliphatic heterocycles. The van der Waals surface area contributed by atoms with E-state index in [1.807, 2.05) is 6.92 Å². The van der Waals surface area contributed by atoms with E-state index in [1.54, 1.807) is 31.4 Å². The molecule has 0 spiro atoms. The van der Waals surface area contributed by atoms with E-state index in [0.29, 0.717) is 36.2 Å². The molecule has 0 radical (unpaired) electrons. The van der Waals surface area contributed by atoms with E-state index in [4.69, 9.17) is 23.8 Å². The lowest BCUT2D eigenvalue weighted by Gasteiger charge is -2.12. The van der Waals surface area contributed by atoms with Crippen molar-refractivity contribution in [2.45, 2.75) is 26.7 Å². The van der Waals surface area contributed by atoms with Gasteiger partial charge < -0.3 is 23.8 Å². The van der Waals surface area contributed by atoms with Gasteiger partial charge in [0.1, 0.15) is 18.9 Å². The molecule has 1 aromatic heterocycles. The van der Waals surface area contributed by atoms with Gasteiger partial charge in [0.15, 0.2) is 17.3 Å². The zero-order valence-corrected chi connectivity index (χ0v) is 12.2. The van der Waals surface area contributed by atoms with Gasteiger partial charge in [0.2, 0.25) is 0 Å². The van der Waals surface area contributed by atoms with Crippen LogP contribution in [0.2, 0.25) is 0 Å². The Hall–Kier alpha value is -2.05. The first-order valence-corrected chi connectivity index (χ1v) is 6.69. The van der Waals surface area contributed by atoms with Gasteiger partial charge >= 0.3 is 0 Å². The van der Waals surface area contributed by atoms with E-state index in [-0.39, 0.29) is 13.2 Å². The van der Waals surface area contributed by atoms with Crippen molar-refractivity contribution in [1.29, 1.82) is 0 Å². The molecule has 0 bridgehead atoms. The summed E-state index contributed by atoms with van der Waals surface area (Å²) in [6, 6.07) is 7.10. The standard InChI is InChI=1S/C15H19NO5/c1-3-19-15-6-11(8-17)4-5-14(15)20-9-12-7-13(10-18-2)21-16-12/h4-7,17H,3,8-10H2,1-2H3. The van der Waals surface area contributed by atoms with Crippen LogP contribution >= 0.6 is 0 Å². The molecule has 0 saturated heterocycles. The minimum Gasteiger partial charge on any atom is -0.490 e. The van der Waals surface area contributed by atoms with E-state index in [9.17, 15) is 0 Å². The quantitative estimate of drug-likeness (QED) is 0.805. The maximum Gasteiger partial charge on any atom is 0.162 e. The van der Waals surface area contributed by atoms with Crippen molar-refractivity contribution >= 4 is 0 Å². The van der Waals surface area contributed by atoms with Crippen LogP contribution in [0.3, 0.4) is 0 Å². The number of aromatic nitrogens is 1. The van der Waals surface area contributed by atoms with Crippen LogP contribution in [0.4, 0.5) is 0 Å². The van der Waals surface area contributed by atoms with Crippen molar-refractivity contribution in [3.05, 3.63) is 41.3 Å². The fourth-order valence-corrected chi connectivity index (χ4v) is 1.82. The minimum absolute atomic E-state index is 0.0377. The van der Waals surface area contributed by atoms with Gasteiger partial charge in [0.05, 0.1) is 13.2 Å². The highest BCUT2D eigenvalue weighted by molar-refractivity contribution is 5.42. The summed E-state index contributed by atoms with van der Waals surface area (Å²) < 4.78 is 21.3. The van der Waals surface area contributed by atoms with Crippen molar-refractivity contribution < 1.29 is 23.8 Å². The average Bonchev–Trinajstić information content (AvgIpc) is 2.94. The predicted molar refractivity (Wildman–Crippen MR) is 75.1 cm³/mol. The first-order valence-electron chi connectivity index (χ1n) is 6.69. The highest BCUT2D eigenvalue weighted by Gasteiger charge is 2.09. The lowest BCUT2D eigenvalue weighted by atomic mass is 10.2. The highest BCUT2D eigenvalue weighted by Crippen LogP contribution is 2.29. The van der Waals surface area contributed by atoms with Gasteiger partial charge in [-0.1, -0.05) is 11.2 Å². The molecule has 114 valence electrons. The largest absolute Gasteiger partial charge is 0.490 e. The smallest absolute Gasteiger partial charge is 0.162 e. The molecule has 1 N–H and O–H groups in total. The summed E-state index contributed by atoms with van der Waals surface area (Å²) in [5, 5.41) is 13.1. The lowest BCUT2D eigenvalue weighted by Crippen LogP contribution is -2.00. The summed E-state index contributed by atoms with van der Waals surface area (Å²) in [6.07, 6.45) is 0. The SMILES string of the molecule is CCOc1cc(CO)ccc1OCc1cc(COC)on1. The lowest BCUT2D eigenvalue weighted by molar-refractivity contribution is 0.155. The van der Waals surface area contributed by atoms with Crippen LogP contribution in [0.1, 0.15) is 23.9 Å². The molecule has 6 heteroatoms. The molecule has 0 aliphatic carbocycles. The Bertz CT molecular complexity index is 567. The van der Waals surface area contributed by atoms with Gasteiger partial charge in [-0.2, -0.15) is 0 Å². The van der Waals surface area contributed by atoms with Crippen LogP contribution in [0, 0.1) is 0 Å². The monoisotopic (exact) mass is 293 g/mol. The first-order chi connectivity index (χ1) is 10.3. The second-order valence-corrected chi connectivity index (χ2v) is 4.38. The second kappa shape index (κ2) is 7.66. The Morgan fingerprint density at radius 3 is 2.71 bits per heavy atom. The van der Waals surface area contributed by atoms with Crippen molar-refractivity contribution in [2.24, 2.45) is 0 Å². The molecular weight excluding hydrogens is 274 g/mol. The van der Waals surface area contributed by atoms with Crippen molar-refractivity contribution in [2.75, 3.05) is 13.7 Å². The Morgan fingerprint density at radius 1 is 1.14 bits per heavy atom. The molecule has 0 atom stereocenters. The van der Waals surface area contributed by atoms with E-state index in [0.717, 1.165) is 5.56 Å². The summed E-state index contributed by atoms with van der Waals surface area (Å²) in [7, 11) is 1.59.